The molecule has 5 heteroatoms. The van der Waals surface area contributed by atoms with Crippen molar-refractivity contribution in [1.82, 2.24) is 0 Å². The smallest absolute Gasteiger partial charge is 0.258 e. The lowest BCUT2D eigenvalue weighted by molar-refractivity contribution is -0.136. The molecule has 1 aromatic rings. The molecule has 1 atom stereocenters. The molecule has 1 aromatic carbocycles. The summed E-state index contributed by atoms with van der Waals surface area (Å²) in [6, 6.07) is 7.33. The van der Waals surface area contributed by atoms with E-state index in [1.165, 1.54) is 0 Å². The van der Waals surface area contributed by atoms with E-state index in [0.717, 1.165) is 11.4 Å². The Hall–Kier alpha value is -1.59. The molecule has 1 aliphatic rings. The molecule has 0 aliphatic carbocycles. The molecular weight excluding hydrogens is 234 g/mol. The van der Waals surface area contributed by atoms with Crippen molar-refractivity contribution < 1.29 is 19.4 Å². The topological polar surface area (TPSA) is 59.0 Å². The van der Waals surface area contributed by atoms with E-state index in [1.54, 1.807) is 4.90 Å². The van der Waals surface area contributed by atoms with Crippen molar-refractivity contribution in [2.45, 2.75) is 13.0 Å². The molecule has 1 saturated heterocycles. The number of morpholine rings is 1. The number of aliphatic hydroxyl groups excluding tert-OH is 1. The highest BCUT2D eigenvalue weighted by atomic mass is 16.5. The monoisotopic (exact) mass is 251 g/mol. The third-order valence-electron chi connectivity index (χ3n) is 2.80. The highest BCUT2D eigenvalue weighted by molar-refractivity contribution is 5.97. The average molecular weight is 251 g/mol. The number of ether oxygens (including phenoxy) is 2. The first-order valence-corrected chi connectivity index (χ1v) is 6.03. The summed E-state index contributed by atoms with van der Waals surface area (Å²) in [6.07, 6.45) is -0.745. The third-order valence-corrected chi connectivity index (χ3v) is 2.80. The van der Waals surface area contributed by atoms with Crippen molar-refractivity contribution in [1.29, 1.82) is 0 Å². The van der Waals surface area contributed by atoms with Crippen molar-refractivity contribution in [2.24, 2.45) is 0 Å². The number of aliphatic hydroxyl groups is 1. The van der Waals surface area contributed by atoms with Gasteiger partial charge >= 0.3 is 0 Å². The van der Waals surface area contributed by atoms with E-state index >= 15 is 0 Å². The van der Waals surface area contributed by atoms with Crippen LogP contribution in [0.2, 0.25) is 0 Å². The van der Waals surface area contributed by atoms with E-state index in [-0.39, 0.29) is 12.5 Å². The number of benzene rings is 1. The van der Waals surface area contributed by atoms with Crippen LogP contribution in [-0.2, 0) is 9.53 Å². The fourth-order valence-electron chi connectivity index (χ4n) is 1.92. The molecule has 0 spiro atoms. The molecule has 1 aliphatic heterocycles. The van der Waals surface area contributed by atoms with Gasteiger partial charge in [0.1, 0.15) is 5.75 Å². The Morgan fingerprint density at radius 1 is 1.44 bits per heavy atom. The van der Waals surface area contributed by atoms with Gasteiger partial charge in [-0.15, -0.1) is 0 Å². The molecule has 0 radical (unpaired) electrons. The van der Waals surface area contributed by atoms with Crippen LogP contribution in [-0.4, -0.2) is 43.5 Å². The second-order valence-corrected chi connectivity index (χ2v) is 3.96. The van der Waals surface area contributed by atoms with Crippen LogP contribution >= 0.6 is 0 Å². The minimum absolute atomic E-state index is 0.201. The lowest BCUT2D eigenvalue weighted by atomic mass is 10.2. The van der Waals surface area contributed by atoms with Gasteiger partial charge in [-0.2, -0.15) is 0 Å². The Labute approximate surface area is 106 Å². The summed E-state index contributed by atoms with van der Waals surface area (Å²) in [6.45, 7) is 3.19. The van der Waals surface area contributed by atoms with Gasteiger partial charge in [-0.05, 0) is 31.2 Å². The quantitative estimate of drug-likeness (QED) is 0.860. The summed E-state index contributed by atoms with van der Waals surface area (Å²) < 4.78 is 10.5. The van der Waals surface area contributed by atoms with Gasteiger partial charge < -0.3 is 19.5 Å². The number of carbonyl (C=O) groups excluding carboxylic acids is 1. The largest absolute Gasteiger partial charge is 0.494 e. The Balaban J connectivity index is 2.12. The van der Waals surface area contributed by atoms with Gasteiger partial charge in [-0.3, -0.25) is 4.79 Å². The van der Waals surface area contributed by atoms with E-state index in [9.17, 15) is 4.79 Å². The Kier molecular flexibility index (Phi) is 4.17. The maximum absolute atomic E-state index is 12.0. The second kappa shape index (κ2) is 5.84. The Morgan fingerprint density at radius 3 is 2.78 bits per heavy atom. The van der Waals surface area contributed by atoms with Gasteiger partial charge in [0.15, 0.2) is 6.10 Å². The van der Waals surface area contributed by atoms with Crippen LogP contribution in [0.25, 0.3) is 0 Å². The molecule has 1 amide bonds. The number of rotatable bonds is 4. The highest BCUT2D eigenvalue weighted by Gasteiger charge is 2.29. The summed E-state index contributed by atoms with van der Waals surface area (Å²) in [5.41, 5.74) is 0.796. The van der Waals surface area contributed by atoms with Gasteiger partial charge in [0.2, 0.25) is 0 Å². The van der Waals surface area contributed by atoms with Crippen molar-refractivity contribution in [3.8, 4) is 5.75 Å². The summed E-state index contributed by atoms with van der Waals surface area (Å²) in [5, 5.41) is 9.05. The van der Waals surface area contributed by atoms with E-state index < -0.39 is 6.10 Å². The fourth-order valence-corrected chi connectivity index (χ4v) is 1.92. The number of carbonyl (C=O) groups is 1. The highest BCUT2D eigenvalue weighted by Crippen LogP contribution is 2.22. The lowest BCUT2D eigenvalue weighted by Gasteiger charge is -2.31. The van der Waals surface area contributed by atoms with Crippen molar-refractivity contribution in [3.63, 3.8) is 0 Å². The molecule has 0 aromatic heterocycles. The molecule has 18 heavy (non-hydrogen) atoms. The number of hydrogen-bond donors (Lipinski definition) is 1. The number of anilines is 1. The normalized spacial score (nSPS) is 20.0. The molecule has 2 rings (SSSR count). The molecule has 0 bridgehead atoms. The van der Waals surface area contributed by atoms with Crippen molar-refractivity contribution in [2.75, 3.05) is 31.3 Å². The predicted octanol–water partition coefficient (Wildman–Crippen LogP) is 0.809. The van der Waals surface area contributed by atoms with Crippen LogP contribution in [0.5, 0.6) is 5.75 Å². The summed E-state index contributed by atoms with van der Waals surface area (Å²) in [4.78, 5) is 13.6. The summed E-state index contributed by atoms with van der Waals surface area (Å²) in [7, 11) is 0. The van der Waals surface area contributed by atoms with Gasteiger partial charge in [0, 0.05) is 12.2 Å². The van der Waals surface area contributed by atoms with E-state index in [4.69, 9.17) is 14.6 Å². The van der Waals surface area contributed by atoms with Crippen LogP contribution < -0.4 is 9.64 Å². The fraction of sp³-hybridized carbons (Fsp3) is 0.462. The zero-order valence-corrected chi connectivity index (χ0v) is 10.3. The molecule has 0 saturated carbocycles. The van der Waals surface area contributed by atoms with Crippen molar-refractivity contribution in [3.05, 3.63) is 24.3 Å². The number of nitrogens with zero attached hydrogens (tertiary/aromatic N) is 1. The minimum atomic E-state index is -0.745. The van der Waals surface area contributed by atoms with Gasteiger partial charge in [-0.1, -0.05) is 0 Å². The first kappa shape index (κ1) is 12.9. The standard InChI is InChI=1S/C13H17NO4/c1-2-17-11-5-3-10(4-6-11)14-7-8-18-12(9-15)13(14)16/h3-6,12,15H,2,7-9H2,1H3. The van der Waals surface area contributed by atoms with E-state index in [0.29, 0.717) is 19.8 Å². The number of amides is 1. The summed E-state index contributed by atoms with van der Waals surface area (Å²) in [5.74, 6) is 0.577. The molecule has 5 nitrogen and oxygen atoms in total. The van der Waals surface area contributed by atoms with Crippen molar-refractivity contribution >= 4 is 11.6 Å². The van der Waals surface area contributed by atoms with E-state index in [2.05, 4.69) is 0 Å². The van der Waals surface area contributed by atoms with Gasteiger partial charge in [0.05, 0.1) is 19.8 Å². The predicted molar refractivity (Wildman–Crippen MR) is 66.8 cm³/mol. The lowest BCUT2D eigenvalue weighted by Crippen LogP contribution is -2.49. The Bertz CT molecular complexity index is 404. The van der Waals surface area contributed by atoms with Crippen LogP contribution in [0.4, 0.5) is 5.69 Å². The zero-order chi connectivity index (χ0) is 13.0. The van der Waals surface area contributed by atoms with Crippen LogP contribution in [0.1, 0.15) is 6.92 Å². The first-order chi connectivity index (χ1) is 8.76. The van der Waals surface area contributed by atoms with Gasteiger partial charge in [0.25, 0.3) is 5.91 Å². The zero-order valence-electron chi connectivity index (χ0n) is 10.3. The van der Waals surface area contributed by atoms with E-state index in [1.807, 2.05) is 31.2 Å². The molecule has 1 heterocycles. The average Bonchev–Trinajstić information content (AvgIpc) is 2.41. The summed E-state index contributed by atoms with van der Waals surface area (Å²) >= 11 is 0. The maximum atomic E-state index is 12.0. The molecule has 1 N–H and O–H groups in total. The minimum Gasteiger partial charge on any atom is -0.494 e. The van der Waals surface area contributed by atoms with Crippen LogP contribution in [0, 0.1) is 0 Å². The molecule has 1 fully saturated rings. The van der Waals surface area contributed by atoms with Crippen LogP contribution in [0.3, 0.4) is 0 Å². The van der Waals surface area contributed by atoms with Gasteiger partial charge in [-0.25, -0.2) is 0 Å². The maximum Gasteiger partial charge on any atom is 0.258 e. The Morgan fingerprint density at radius 2 is 2.17 bits per heavy atom. The molecular formula is C13H17NO4. The van der Waals surface area contributed by atoms with Crippen LogP contribution in [0.15, 0.2) is 24.3 Å². The molecule has 1 unspecified atom stereocenters. The SMILES string of the molecule is CCOc1ccc(N2CCOC(CO)C2=O)cc1. The third kappa shape index (κ3) is 2.63. The molecule has 98 valence electrons. The second-order valence-electron chi connectivity index (χ2n) is 3.96. The number of hydrogen-bond acceptors (Lipinski definition) is 4. The first-order valence-electron chi connectivity index (χ1n) is 6.03.